The Morgan fingerprint density at radius 2 is 0.417 bits per heavy atom. The van der Waals surface area contributed by atoms with Crippen molar-refractivity contribution in [2.75, 3.05) is 14.7 Å². The summed E-state index contributed by atoms with van der Waals surface area (Å²) in [5.74, 6) is 0. The average Bonchev–Trinajstić information content (AvgIpc) is 3.05. The number of anilines is 9. The first-order chi connectivity index (χ1) is 40.7. The molecule has 3 aliphatic carbocycles. The van der Waals surface area contributed by atoms with Gasteiger partial charge in [-0.1, -0.05) is 150 Å². The van der Waals surface area contributed by atoms with E-state index >= 15 is 0 Å². The molecule has 428 valence electrons. The van der Waals surface area contributed by atoms with Crippen molar-refractivity contribution < 1.29 is 0 Å². The van der Waals surface area contributed by atoms with Crippen LogP contribution in [0, 0.1) is 55.4 Å². The molecule has 0 aliphatic heterocycles. The molecular formula is C81H89N3. The second kappa shape index (κ2) is 23.8. The second-order valence-corrected chi connectivity index (χ2v) is 26.2. The SMILES string of the molecule is Cc1ccc(N(c2ccc(C3(C)CCCCC3)cc2)c2ccc(C3(c4ccc(N(c5ccc(C6(c7ccc(N(c8ccc(C)c(C)c8)c8ccc(C)c(C)c8)cc7)CCCCC6)cc5)c5ccc(C)c(C)c5)cc4)CCCCC3)cc2)cc1C. The molecule has 84 heavy (non-hydrogen) atoms. The van der Waals surface area contributed by atoms with Gasteiger partial charge in [-0.2, -0.15) is 0 Å². The van der Waals surface area contributed by atoms with Crippen molar-refractivity contribution in [2.45, 2.75) is 175 Å². The molecule has 3 aliphatic rings. The fourth-order valence-corrected chi connectivity index (χ4v) is 15.0. The van der Waals surface area contributed by atoms with Gasteiger partial charge in [0.15, 0.2) is 0 Å². The van der Waals surface area contributed by atoms with Gasteiger partial charge >= 0.3 is 0 Å². The van der Waals surface area contributed by atoms with Crippen molar-refractivity contribution in [3.8, 4) is 0 Å². The summed E-state index contributed by atoms with van der Waals surface area (Å²) >= 11 is 0. The number of rotatable bonds is 14. The number of nitrogens with zero attached hydrogens (tertiary/aromatic N) is 3. The van der Waals surface area contributed by atoms with Gasteiger partial charge in [0.05, 0.1) is 0 Å². The van der Waals surface area contributed by atoms with Gasteiger partial charge in [0, 0.05) is 62.0 Å². The summed E-state index contributed by atoms with van der Waals surface area (Å²) in [4.78, 5) is 7.40. The molecule has 0 N–H and O–H groups in total. The van der Waals surface area contributed by atoms with Crippen LogP contribution in [-0.2, 0) is 16.2 Å². The molecule has 0 atom stereocenters. The normalized spacial score (nSPS) is 16.4. The highest BCUT2D eigenvalue weighted by Crippen LogP contribution is 2.50. The predicted molar refractivity (Wildman–Crippen MR) is 359 cm³/mol. The largest absolute Gasteiger partial charge is 0.310 e. The Balaban J connectivity index is 0.861. The van der Waals surface area contributed by atoms with Crippen LogP contribution in [0.2, 0.25) is 0 Å². The van der Waals surface area contributed by atoms with Crippen molar-refractivity contribution in [1.82, 2.24) is 0 Å². The maximum Gasteiger partial charge on any atom is 0.0464 e. The molecule has 0 radical (unpaired) electrons. The van der Waals surface area contributed by atoms with Crippen molar-refractivity contribution >= 4 is 51.2 Å². The Bertz CT molecular complexity index is 3680. The Morgan fingerprint density at radius 3 is 0.655 bits per heavy atom. The van der Waals surface area contributed by atoms with Crippen LogP contribution in [0.1, 0.15) is 176 Å². The first-order valence-corrected chi connectivity index (χ1v) is 31.9. The van der Waals surface area contributed by atoms with Crippen molar-refractivity contribution in [2.24, 2.45) is 0 Å². The van der Waals surface area contributed by atoms with E-state index in [9.17, 15) is 0 Å². The van der Waals surface area contributed by atoms with E-state index < -0.39 is 0 Å². The summed E-state index contributed by atoms with van der Waals surface area (Å²) in [6.07, 6.45) is 18.7. The Kier molecular flexibility index (Phi) is 16.1. The summed E-state index contributed by atoms with van der Waals surface area (Å²) in [5, 5.41) is 0. The highest BCUT2D eigenvalue weighted by Gasteiger charge is 2.38. The molecule has 3 nitrogen and oxygen atoms in total. The monoisotopic (exact) mass is 1100 g/mol. The van der Waals surface area contributed by atoms with Gasteiger partial charge in [0.2, 0.25) is 0 Å². The topological polar surface area (TPSA) is 9.72 Å². The zero-order valence-corrected chi connectivity index (χ0v) is 51.9. The first-order valence-electron chi connectivity index (χ1n) is 31.9. The van der Waals surface area contributed by atoms with Crippen LogP contribution >= 0.6 is 0 Å². The maximum atomic E-state index is 2.49. The van der Waals surface area contributed by atoms with E-state index in [0.717, 1.165) is 25.7 Å². The van der Waals surface area contributed by atoms with Gasteiger partial charge in [-0.3, -0.25) is 0 Å². The highest BCUT2D eigenvalue weighted by molar-refractivity contribution is 5.81. The smallest absolute Gasteiger partial charge is 0.0464 e. The van der Waals surface area contributed by atoms with Crippen molar-refractivity contribution in [1.29, 1.82) is 0 Å². The summed E-state index contributed by atoms with van der Waals surface area (Å²) in [5.41, 5.74) is 28.5. The summed E-state index contributed by atoms with van der Waals surface area (Å²) < 4.78 is 0. The number of benzene rings is 9. The molecule has 3 fully saturated rings. The molecule has 12 rings (SSSR count). The van der Waals surface area contributed by atoms with Gasteiger partial charge < -0.3 is 14.7 Å². The van der Waals surface area contributed by atoms with E-state index in [2.05, 4.69) is 271 Å². The zero-order valence-electron chi connectivity index (χ0n) is 51.9. The molecular weight excluding hydrogens is 1010 g/mol. The molecule has 3 heteroatoms. The molecule has 3 saturated carbocycles. The number of hydrogen-bond donors (Lipinski definition) is 0. The third-order valence-corrected chi connectivity index (χ3v) is 20.9. The first kappa shape index (κ1) is 56.8. The minimum atomic E-state index is -0.0607. The predicted octanol–water partition coefficient (Wildman–Crippen LogP) is 23.3. The van der Waals surface area contributed by atoms with Crippen LogP contribution in [0.15, 0.2) is 194 Å². The number of aryl methyl sites for hydroxylation is 8. The third-order valence-electron chi connectivity index (χ3n) is 20.9. The van der Waals surface area contributed by atoms with E-state index in [0.29, 0.717) is 0 Å². The van der Waals surface area contributed by atoms with Crippen LogP contribution in [-0.4, -0.2) is 0 Å². The Morgan fingerprint density at radius 1 is 0.214 bits per heavy atom. The van der Waals surface area contributed by atoms with Crippen LogP contribution in [0.3, 0.4) is 0 Å². The van der Waals surface area contributed by atoms with Crippen molar-refractivity contribution in [3.63, 3.8) is 0 Å². The van der Waals surface area contributed by atoms with E-state index in [4.69, 9.17) is 0 Å². The van der Waals surface area contributed by atoms with Gasteiger partial charge in [-0.25, -0.2) is 0 Å². The van der Waals surface area contributed by atoms with E-state index in [-0.39, 0.29) is 16.2 Å². The minimum absolute atomic E-state index is 0.0587. The van der Waals surface area contributed by atoms with Crippen molar-refractivity contribution in [3.05, 3.63) is 266 Å². The molecule has 0 spiro atoms. The molecule has 0 saturated heterocycles. The van der Waals surface area contributed by atoms with Crippen LogP contribution < -0.4 is 14.7 Å². The summed E-state index contributed by atoms with van der Waals surface area (Å²) in [6.45, 7) is 20.3. The van der Waals surface area contributed by atoms with Gasteiger partial charge in [0.1, 0.15) is 0 Å². The van der Waals surface area contributed by atoms with E-state index in [1.165, 1.54) is 194 Å². The Labute approximate surface area is 504 Å². The fraction of sp³-hybridized carbons (Fsp3) is 0.333. The lowest BCUT2D eigenvalue weighted by Gasteiger charge is -2.40. The molecule has 9 aromatic carbocycles. The average molecular weight is 1100 g/mol. The molecule has 0 unspecified atom stereocenters. The second-order valence-electron chi connectivity index (χ2n) is 26.2. The highest BCUT2D eigenvalue weighted by atomic mass is 15.2. The van der Waals surface area contributed by atoms with E-state index in [1.54, 1.807) is 0 Å². The molecule has 9 aromatic rings. The lowest BCUT2D eigenvalue weighted by molar-refractivity contribution is 0.319. The van der Waals surface area contributed by atoms with Gasteiger partial charge in [-0.05, 0) is 281 Å². The zero-order chi connectivity index (χ0) is 58.2. The molecule has 0 aromatic heterocycles. The molecule has 0 bridgehead atoms. The van der Waals surface area contributed by atoms with Gasteiger partial charge in [-0.15, -0.1) is 0 Å². The maximum absolute atomic E-state index is 2.49. The molecule has 0 amide bonds. The van der Waals surface area contributed by atoms with Crippen LogP contribution in [0.25, 0.3) is 0 Å². The van der Waals surface area contributed by atoms with E-state index in [1.807, 2.05) is 0 Å². The lowest BCUT2D eigenvalue weighted by Crippen LogP contribution is -2.30. The van der Waals surface area contributed by atoms with Crippen LogP contribution in [0.4, 0.5) is 51.2 Å². The van der Waals surface area contributed by atoms with Gasteiger partial charge in [0.25, 0.3) is 0 Å². The van der Waals surface area contributed by atoms with Crippen LogP contribution in [0.5, 0.6) is 0 Å². The minimum Gasteiger partial charge on any atom is -0.310 e. The summed E-state index contributed by atoms with van der Waals surface area (Å²) in [6, 6.07) is 76.1. The third kappa shape index (κ3) is 11.1. The fourth-order valence-electron chi connectivity index (χ4n) is 15.0. The summed E-state index contributed by atoms with van der Waals surface area (Å²) in [7, 11) is 0. The Hall–Kier alpha value is -7.62. The lowest BCUT2D eigenvalue weighted by atomic mass is 9.65. The standard InChI is InChI=1S/C81H89N3/c1-57-19-33-75(53-61(57)5)82(70-37-23-65(24-38-70)79(9)47-13-10-14-48-79)71-39-25-66(26-40-71)80(49-15-11-16-50-80)67-27-41-72(42-28-67)83(76-34-20-58(2)62(6)54-76)73-43-29-68(30-44-73)81(51-17-12-18-52-81)69-31-45-74(46-32-69)84(77-35-21-59(3)63(7)55-77)78-36-22-60(4)64(8)56-78/h19-46,53-56H,10-18,47-52H2,1-9H3. The number of hydrogen-bond acceptors (Lipinski definition) is 3. The molecule has 0 heterocycles. The quantitative estimate of drug-likeness (QED) is 0.107.